The van der Waals surface area contributed by atoms with Gasteiger partial charge in [-0.3, -0.25) is 0 Å². The molecule has 0 amide bonds. The molecule has 94 valence electrons. The zero-order valence-corrected chi connectivity index (χ0v) is 10.8. The SMILES string of the molecule is N#Cc1ccc(-c2ccc(N3CCCC3)cc2)cc1. The van der Waals surface area contributed by atoms with Crippen molar-refractivity contribution in [1.29, 1.82) is 5.26 Å². The lowest BCUT2D eigenvalue weighted by molar-refractivity contribution is 0.949. The van der Waals surface area contributed by atoms with Gasteiger partial charge in [-0.15, -0.1) is 0 Å². The summed E-state index contributed by atoms with van der Waals surface area (Å²) in [5.41, 5.74) is 4.38. The van der Waals surface area contributed by atoms with E-state index in [0.29, 0.717) is 5.56 Å². The fourth-order valence-corrected chi connectivity index (χ4v) is 2.58. The van der Waals surface area contributed by atoms with Crippen LogP contribution in [-0.4, -0.2) is 13.1 Å². The molecule has 2 nitrogen and oxygen atoms in total. The van der Waals surface area contributed by atoms with Crippen LogP contribution in [0.4, 0.5) is 5.69 Å². The first kappa shape index (κ1) is 11.8. The monoisotopic (exact) mass is 248 g/mol. The molecule has 1 fully saturated rings. The van der Waals surface area contributed by atoms with Crippen LogP contribution in [0.25, 0.3) is 11.1 Å². The molecule has 0 unspecified atom stereocenters. The van der Waals surface area contributed by atoms with E-state index in [4.69, 9.17) is 5.26 Å². The Bertz CT molecular complexity index is 585. The molecule has 3 rings (SSSR count). The largest absolute Gasteiger partial charge is 0.372 e. The summed E-state index contributed by atoms with van der Waals surface area (Å²) in [6.07, 6.45) is 2.61. The highest BCUT2D eigenvalue weighted by Crippen LogP contribution is 2.25. The Morgan fingerprint density at radius 2 is 1.32 bits per heavy atom. The van der Waals surface area contributed by atoms with E-state index in [0.717, 1.165) is 5.56 Å². The standard InChI is InChI=1S/C17H16N2/c18-13-14-3-5-15(6-4-14)16-7-9-17(10-8-16)19-11-1-2-12-19/h3-10H,1-2,11-12H2. The Labute approximate surface area is 113 Å². The number of rotatable bonds is 2. The van der Waals surface area contributed by atoms with Crippen LogP contribution in [0.5, 0.6) is 0 Å². The lowest BCUT2D eigenvalue weighted by Gasteiger charge is -2.17. The predicted octanol–water partition coefficient (Wildman–Crippen LogP) is 3.83. The molecular weight excluding hydrogens is 232 g/mol. The quantitative estimate of drug-likeness (QED) is 0.807. The van der Waals surface area contributed by atoms with E-state index in [1.807, 2.05) is 24.3 Å². The summed E-state index contributed by atoms with van der Waals surface area (Å²) in [7, 11) is 0. The van der Waals surface area contributed by atoms with Gasteiger partial charge in [0.1, 0.15) is 0 Å². The van der Waals surface area contributed by atoms with E-state index in [1.165, 1.54) is 37.2 Å². The van der Waals surface area contributed by atoms with Gasteiger partial charge in [-0.05, 0) is 48.2 Å². The second-order valence-electron chi connectivity index (χ2n) is 4.93. The third-order valence-electron chi connectivity index (χ3n) is 3.69. The summed E-state index contributed by atoms with van der Waals surface area (Å²) < 4.78 is 0. The van der Waals surface area contributed by atoms with E-state index in [-0.39, 0.29) is 0 Å². The van der Waals surface area contributed by atoms with Gasteiger partial charge in [0.25, 0.3) is 0 Å². The van der Waals surface area contributed by atoms with Crippen LogP contribution in [0.3, 0.4) is 0 Å². The van der Waals surface area contributed by atoms with Crippen molar-refractivity contribution in [3.8, 4) is 17.2 Å². The Morgan fingerprint density at radius 1 is 0.789 bits per heavy atom. The first-order valence-corrected chi connectivity index (χ1v) is 6.72. The minimum absolute atomic E-state index is 0.706. The Morgan fingerprint density at radius 3 is 1.84 bits per heavy atom. The highest BCUT2D eigenvalue weighted by molar-refractivity contribution is 5.67. The van der Waals surface area contributed by atoms with Gasteiger partial charge in [0, 0.05) is 18.8 Å². The lowest BCUT2D eigenvalue weighted by Crippen LogP contribution is -2.17. The molecule has 1 heterocycles. The first-order chi connectivity index (χ1) is 9.36. The molecule has 0 spiro atoms. The molecule has 1 saturated heterocycles. The molecule has 0 atom stereocenters. The molecule has 1 aliphatic heterocycles. The second-order valence-corrected chi connectivity index (χ2v) is 4.93. The average molecular weight is 248 g/mol. The van der Waals surface area contributed by atoms with E-state index in [2.05, 4.69) is 35.2 Å². The Balaban J connectivity index is 1.83. The minimum atomic E-state index is 0.706. The van der Waals surface area contributed by atoms with Crippen LogP contribution in [0.1, 0.15) is 18.4 Å². The summed E-state index contributed by atoms with van der Waals surface area (Å²) in [5, 5.41) is 8.80. The molecule has 1 aliphatic rings. The summed E-state index contributed by atoms with van der Waals surface area (Å²) >= 11 is 0. The zero-order valence-electron chi connectivity index (χ0n) is 10.8. The molecule has 0 saturated carbocycles. The molecule has 2 aromatic carbocycles. The van der Waals surface area contributed by atoms with E-state index in [1.54, 1.807) is 0 Å². The van der Waals surface area contributed by atoms with Crippen molar-refractivity contribution in [1.82, 2.24) is 0 Å². The van der Waals surface area contributed by atoms with Gasteiger partial charge in [-0.2, -0.15) is 5.26 Å². The van der Waals surface area contributed by atoms with Crippen molar-refractivity contribution in [2.75, 3.05) is 18.0 Å². The number of nitrogens with zero attached hydrogens (tertiary/aromatic N) is 2. The van der Waals surface area contributed by atoms with Crippen LogP contribution >= 0.6 is 0 Å². The van der Waals surface area contributed by atoms with E-state index >= 15 is 0 Å². The first-order valence-electron chi connectivity index (χ1n) is 6.72. The zero-order chi connectivity index (χ0) is 13.1. The third-order valence-corrected chi connectivity index (χ3v) is 3.69. The summed E-state index contributed by atoms with van der Waals surface area (Å²) in [6, 6.07) is 18.6. The molecule has 2 heteroatoms. The number of nitriles is 1. The summed E-state index contributed by atoms with van der Waals surface area (Å²) in [6.45, 7) is 2.35. The Kier molecular flexibility index (Phi) is 3.20. The second kappa shape index (κ2) is 5.16. The predicted molar refractivity (Wildman–Crippen MR) is 78.0 cm³/mol. The van der Waals surface area contributed by atoms with Gasteiger partial charge < -0.3 is 4.90 Å². The molecule has 0 bridgehead atoms. The van der Waals surface area contributed by atoms with E-state index < -0.39 is 0 Å². The molecule has 0 aliphatic carbocycles. The molecule has 0 radical (unpaired) electrons. The van der Waals surface area contributed by atoms with Crippen LogP contribution in [-0.2, 0) is 0 Å². The van der Waals surface area contributed by atoms with Gasteiger partial charge >= 0.3 is 0 Å². The molecular formula is C17H16N2. The van der Waals surface area contributed by atoms with E-state index in [9.17, 15) is 0 Å². The van der Waals surface area contributed by atoms with Crippen molar-refractivity contribution in [2.24, 2.45) is 0 Å². The van der Waals surface area contributed by atoms with Crippen molar-refractivity contribution in [2.45, 2.75) is 12.8 Å². The normalized spacial score (nSPS) is 14.4. The summed E-state index contributed by atoms with van der Waals surface area (Å²) in [4.78, 5) is 2.43. The van der Waals surface area contributed by atoms with Gasteiger partial charge in [-0.1, -0.05) is 24.3 Å². The smallest absolute Gasteiger partial charge is 0.0991 e. The number of benzene rings is 2. The average Bonchev–Trinajstić information content (AvgIpc) is 3.02. The number of hydrogen-bond acceptors (Lipinski definition) is 2. The minimum Gasteiger partial charge on any atom is -0.372 e. The highest BCUT2D eigenvalue weighted by atomic mass is 15.1. The highest BCUT2D eigenvalue weighted by Gasteiger charge is 2.11. The van der Waals surface area contributed by atoms with Gasteiger partial charge in [-0.25, -0.2) is 0 Å². The maximum absolute atomic E-state index is 8.80. The van der Waals surface area contributed by atoms with Crippen molar-refractivity contribution in [3.63, 3.8) is 0 Å². The summed E-state index contributed by atoms with van der Waals surface area (Å²) in [5.74, 6) is 0. The van der Waals surface area contributed by atoms with Crippen LogP contribution in [0, 0.1) is 11.3 Å². The maximum atomic E-state index is 8.80. The van der Waals surface area contributed by atoms with Crippen LogP contribution in [0.15, 0.2) is 48.5 Å². The number of hydrogen-bond donors (Lipinski definition) is 0. The van der Waals surface area contributed by atoms with Crippen molar-refractivity contribution >= 4 is 5.69 Å². The number of anilines is 1. The third kappa shape index (κ3) is 2.46. The van der Waals surface area contributed by atoms with Gasteiger partial charge in [0.2, 0.25) is 0 Å². The molecule has 2 aromatic rings. The van der Waals surface area contributed by atoms with Crippen molar-refractivity contribution in [3.05, 3.63) is 54.1 Å². The fourth-order valence-electron chi connectivity index (χ4n) is 2.58. The molecule has 0 aromatic heterocycles. The molecule has 19 heavy (non-hydrogen) atoms. The molecule has 0 N–H and O–H groups in total. The van der Waals surface area contributed by atoms with Crippen LogP contribution < -0.4 is 4.90 Å². The van der Waals surface area contributed by atoms with Gasteiger partial charge in [0.15, 0.2) is 0 Å². The van der Waals surface area contributed by atoms with Crippen LogP contribution in [0.2, 0.25) is 0 Å². The fraction of sp³-hybridized carbons (Fsp3) is 0.235. The van der Waals surface area contributed by atoms with Gasteiger partial charge in [0.05, 0.1) is 11.6 Å². The lowest BCUT2D eigenvalue weighted by atomic mass is 10.0. The maximum Gasteiger partial charge on any atom is 0.0991 e. The van der Waals surface area contributed by atoms with Crippen molar-refractivity contribution < 1.29 is 0 Å². The topological polar surface area (TPSA) is 27.0 Å². The Hall–Kier alpha value is -2.27.